The highest BCUT2D eigenvalue weighted by molar-refractivity contribution is 8.05. The lowest BCUT2D eigenvalue weighted by Gasteiger charge is -2.13. The monoisotopic (exact) mass is 451 g/mol. The standard InChI is InChI=1S/C23H18FN3O4S/c24-18-6-2-3-7-19(18)25-23-26-22(28)21(32-23)13-16-5-1-4-8-20(16)31-14-15-9-11-17(12-10-15)27(29)30/h1-13,23,25H,14H2,(H,26,28)/b21-13-. The molecule has 3 aromatic rings. The van der Waals surface area contributed by atoms with E-state index < -0.39 is 16.2 Å². The van der Waals surface area contributed by atoms with Crippen molar-refractivity contribution in [3.63, 3.8) is 0 Å². The Labute approximate surface area is 187 Å². The molecular weight excluding hydrogens is 433 g/mol. The van der Waals surface area contributed by atoms with Crippen molar-refractivity contribution in [1.82, 2.24) is 5.32 Å². The van der Waals surface area contributed by atoms with Crippen molar-refractivity contribution in [2.75, 3.05) is 5.32 Å². The number of amides is 1. The second-order valence-electron chi connectivity index (χ2n) is 6.85. The predicted molar refractivity (Wildman–Crippen MR) is 121 cm³/mol. The van der Waals surface area contributed by atoms with Crippen LogP contribution < -0.4 is 15.4 Å². The van der Waals surface area contributed by atoms with E-state index in [4.69, 9.17) is 4.74 Å². The molecule has 1 saturated heterocycles. The van der Waals surface area contributed by atoms with Crippen molar-refractivity contribution < 1.29 is 18.8 Å². The Morgan fingerprint density at radius 1 is 1.09 bits per heavy atom. The lowest BCUT2D eigenvalue weighted by Crippen LogP contribution is -2.31. The normalized spacial score (nSPS) is 16.6. The fourth-order valence-corrected chi connectivity index (χ4v) is 4.00. The first-order valence-electron chi connectivity index (χ1n) is 9.65. The van der Waals surface area contributed by atoms with Crippen LogP contribution >= 0.6 is 11.8 Å². The molecule has 1 aliphatic rings. The van der Waals surface area contributed by atoms with Gasteiger partial charge in [0, 0.05) is 17.7 Å². The third-order valence-corrected chi connectivity index (χ3v) is 5.67. The lowest BCUT2D eigenvalue weighted by atomic mass is 10.1. The maximum Gasteiger partial charge on any atom is 0.269 e. The van der Waals surface area contributed by atoms with Crippen LogP contribution in [-0.4, -0.2) is 16.3 Å². The maximum absolute atomic E-state index is 13.9. The van der Waals surface area contributed by atoms with Gasteiger partial charge in [0.15, 0.2) is 5.50 Å². The fraction of sp³-hybridized carbons (Fsp3) is 0.0870. The summed E-state index contributed by atoms with van der Waals surface area (Å²) in [5, 5.41) is 16.5. The van der Waals surface area contributed by atoms with Crippen molar-refractivity contribution in [2.45, 2.75) is 12.1 Å². The Morgan fingerprint density at radius 3 is 2.56 bits per heavy atom. The van der Waals surface area contributed by atoms with Gasteiger partial charge >= 0.3 is 0 Å². The zero-order valence-electron chi connectivity index (χ0n) is 16.7. The molecule has 0 radical (unpaired) electrons. The summed E-state index contributed by atoms with van der Waals surface area (Å²) < 4.78 is 19.8. The van der Waals surface area contributed by atoms with Crippen LogP contribution in [0.15, 0.2) is 77.7 Å². The van der Waals surface area contributed by atoms with E-state index in [0.29, 0.717) is 21.9 Å². The van der Waals surface area contributed by atoms with Crippen LogP contribution in [0.25, 0.3) is 6.08 Å². The van der Waals surface area contributed by atoms with Crippen LogP contribution in [0.4, 0.5) is 15.8 Å². The quantitative estimate of drug-likeness (QED) is 0.301. The van der Waals surface area contributed by atoms with E-state index in [2.05, 4.69) is 10.6 Å². The molecule has 7 nitrogen and oxygen atoms in total. The molecule has 0 bridgehead atoms. The molecule has 0 aliphatic carbocycles. The smallest absolute Gasteiger partial charge is 0.269 e. The second-order valence-corrected chi connectivity index (χ2v) is 8.00. The molecule has 4 rings (SSSR count). The van der Waals surface area contributed by atoms with Crippen LogP contribution in [0, 0.1) is 15.9 Å². The SMILES string of the molecule is O=C1NC(Nc2ccccc2F)S/C1=C\c1ccccc1OCc1ccc([N+](=O)[O-])cc1. The number of hydrogen-bond donors (Lipinski definition) is 2. The number of benzene rings is 3. The number of anilines is 1. The summed E-state index contributed by atoms with van der Waals surface area (Å²) in [4.78, 5) is 23.2. The highest BCUT2D eigenvalue weighted by Crippen LogP contribution is 2.33. The molecule has 0 spiro atoms. The van der Waals surface area contributed by atoms with Gasteiger partial charge < -0.3 is 15.4 Å². The highest BCUT2D eigenvalue weighted by atomic mass is 32.2. The summed E-state index contributed by atoms with van der Waals surface area (Å²) in [6.45, 7) is 0.217. The number of ether oxygens (including phenoxy) is 1. The van der Waals surface area contributed by atoms with Crippen molar-refractivity contribution in [3.05, 3.63) is 105 Å². The Hall–Kier alpha value is -3.85. The van der Waals surface area contributed by atoms with Crippen LogP contribution in [-0.2, 0) is 11.4 Å². The zero-order chi connectivity index (χ0) is 22.5. The molecule has 32 heavy (non-hydrogen) atoms. The van der Waals surface area contributed by atoms with Crippen molar-refractivity contribution >= 4 is 35.1 Å². The maximum atomic E-state index is 13.9. The van der Waals surface area contributed by atoms with Crippen molar-refractivity contribution in [2.24, 2.45) is 0 Å². The first-order chi connectivity index (χ1) is 15.5. The zero-order valence-corrected chi connectivity index (χ0v) is 17.5. The molecule has 9 heteroatoms. The number of nitrogens with zero attached hydrogens (tertiary/aromatic N) is 1. The first-order valence-corrected chi connectivity index (χ1v) is 10.5. The molecule has 2 N–H and O–H groups in total. The number of hydrogen-bond acceptors (Lipinski definition) is 6. The van der Waals surface area contributed by atoms with E-state index in [1.54, 1.807) is 42.5 Å². The Morgan fingerprint density at radius 2 is 1.81 bits per heavy atom. The Kier molecular flexibility index (Phi) is 6.37. The highest BCUT2D eigenvalue weighted by Gasteiger charge is 2.28. The van der Waals surface area contributed by atoms with Gasteiger partial charge in [0.1, 0.15) is 18.2 Å². The summed E-state index contributed by atoms with van der Waals surface area (Å²) >= 11 is 1.25. The summed E-state index contributed by atoms with van der Waals surface area (Å²) in [5.74, 6) is -0.101. The second kappa shape index (κ2) is 9.52. The van der Waals surface area contributed by atoms with Gasteiger partial charge in [-0.1, -0.05) is 42.1 Å². The van der Waals surface area contributed by atoms with E-state index in [1.165, 1.54) is 30.0 Å². The number of nitro groups is 1. The third-order valence-electron chi connectivity index (χ3n) is 4.64. The summed E-state index contributed by atoms with van der Waals surface area (Å²) in [6, 6.07) is 19.6. The molecule has 0 aromatic heterocycles. The van der Waals surface area contributed by atoms with Crippen LogP contribution in [0.1, 0.15) is 11.1 Å². The van der Waals surface area contributed by atoms with Crippen LogP contribution in [0.2, 0.25) is 0 Å². The van der Waals surface area contributed by atoms with Crippen LogP contribution in [0.3, 0.4) is 0 Å². The van der Waals surface area contributed by atoms with Gasteiger partial charge in [-0.2, -0.15) is 0 Å². The minimum Gasteiger partial charge on any atom is -0.488 e. The van der Waals surface area contributed by atoms with Gasteiger partial charge in [-0.3, -0.25) is 14.9 Å². The first kappa shape index (κ1) is 21.4. The number of rotatable bonds is 7. The number of carbonyl (C=O) groups is 1. The van der Waals surface area contributed by atoms with Gasteiger partial charge in [-0.15, -0.1) is 0 Å². The van der Waals surface area contributed by atoms with Gasteiger partial charge in [0.2, 0.25) is 0 Å². The van der Waals surface area contributed by atoms with E-state index in [9.17, 15) is 19.3 Å². The predicted octanol–water partition coefficient (Wildman–Crippen LogP) is 4.91. The summed E-state index contributed by atoms with van der Waals surface area (Å²) in [7, 11) is 0. The fourth-order valence-electron chi connectivity index (χ4n) is 3.03. The minimum absolute atomic E-state index is 0.0155. The van der Waals surface area contributed by atoms with Crippen molar-refractivity contribution in [1.29, 1.82) is 0 Å². The number of para-hydroxylation sites is 2. The summed E-state index contributed by atoms with van der Waals surface area (Å²) in [6.07, 6.45) is 1.72. The molecule has 1 aliphatic heterocycles. The average Bonchev–Trinajstić information content (AvgIpc) is 3.13. The third kappa shape index (κ3) is 5.06. The number of non-ortho nitro benzene ring substituents is 1. The molecule has 1 atom stereocenters. The number of carbonyl (C=O) groups excluding carboxylic acids is 1. The van der Waals surface area contributed by atoms with E-state index in [1.807, 2.05) is 18.2 Å². The molecule has 0 saturated carbocycles. The van der Waals surface area contributed by atoms with E-state index in [0.717, 1.165) is 5.56 Å². The van der Waals surface area contributed by atoms with Gasteiger partial charge in [-0.05, 0) is 42.0 Å². The number of halogens is 1. The molecular formula is C23H18FN3O4S. The van der Waals surface area contributed by atoms with Gasteiger partial charge in [0.25, 0.3) is 11.6 Å². The lowest BCUT2D eigenvalue weighted by molar-refractivity contribution is -0.384. The molecule has 162 valence electrons. The molecule has 1 heterocycles. The van der Waals surface area contributed by atoms with Gasteiger partial charge in [0.05, 0.1) is 15.5 Å². The summed E-state index contributed by atoms with van der Waals surface area (Å²) in [5.41, 5.74) is 1.30. The molecule has 3 aromatic carbocycles. The average molecular weight is 451 g/mol. The molecule has 1 fully saturated rings. The molecule has 1 unspecified atom stereocenters. The number of thioether (sulfide) groups is 1. The van der Waals surface area contributed by atoms with E-state index in [-0.39, 0.29) is 18.2 Å². The molecule has 1 amide bonds. The van der Waals surface area contributed by atoms with Crippen LogP contribution in [0.5, 0.6) is 5.75 Å². The Bertz CT molecular complexity index is 1180. The van der Waals surface area contributed by atoms with E-state index >= 15 is 0 Å². The minimum atomic E-state index is -0.501. The largest absolute Gasteiger partial charge is 0.488 e. The Balaban J connectivity index is 1.45. The topological polar surface area (TPSA) is 93.5 Å². The van der Waals surface area contributed by atoms with Gasteiger partial charge in [-0.25, -0.2) is 4.39 Å². The number of nitrogens with one attached hydrogen (secondary N) is 2. The van der Waals surface area contributed by atoms with Crippen molar-refractivity contribution in [3.8, 4) is 5.75 Å². The number of nitro benzene ring substituents is 1.